The van der Waals surface area contributed by atoms with E-state index in [9.17, 15) is 13.2 Å². The first-order valence-corrected chi connectivity index (χ1v) is 10.2. The van der Waals surface area contributed by atoms with E-state index in [0.29, 0.717) is 17.2 Å². The van der Waals surface area contributed by atoms with Crippen LogP contribution < -0.4 is 28.6 Å². The number of amides is 1. The van der Waals surface area contributed by atoms with Gasteiger partial charge in [0.25, 0.3) is 5.91 Å². The van der Waals surface area contributed by atoms with Gasteiger partial charge in [-0.25, -0.2) is 8.42 Å². The Morgan fingerprint density at radius 2 is 1.48 bits per heavy atom. The van der Waals surface area contributed by atoms with Crippen LogP contribution in [-0.2, 0) is 10.0 Å². The van der Waals surface area contributed by atoms with E-state index in [1.54, 1.807) is 18.2 Å². The van der Waals surface area contributed by atoms with Gasteiger partial charge in [0.1, 0.15) is 11.5 Å². The Kier molecular flexibility index (Phi) is 6.80. The maximum absolute atomic E-state index is 13.1. The molecule has 2 aromatic rings. The average molecular weight is 424 g/mol. The second-order valence-electron chi connectivity index (χ2n) is 5.98. The zero-order chi connectivity index (χ0) is 21.8. The summed E-state index contributed by atoms with van der Waals surface area (Å²) in [6, 6.07) is 7.77. The summed E-state index contributed by atoms with van der Waals surface area (Å²) < 4.78 is 46.1. The van der Waals surface area contributed by atoms with Gasteiger partial charge in [0.05, 0.1) is 51.6 Å². The van der Waals surface area contributed by atoms with Crippen molar-refractivity contribution in [1.82, 2.24) is 0 Å². The monoisotopic (exact) mass is 424 g/mol. The molecule has 0 bridgehead atoms. The van der Waals surface area contributed by atoms with Crippen molar-refractivity contribution in [3.63, 3.8) is 0 Å². The van der Waals surface area contributed by atoms with E-state index >= 15 is 0 Å². The lowest BCUT2D eigenvalue weighted by Crippen LogP contribution is -2.28. The first-order valence-electron chi connectivity index (χ1n) is 8.39. The number of rotatable bonds is 8. The highest BCUT2D eigenvalue weighted by atomic mass is 32.2. The maximum atomic E-state index is 13.1. The molecule has 29 heavy (non-hydrogen) atoms. The number of carbonyl (C=O) groups excluding carboxylic acids is 1. The van der Waals surface area contributed by atoms with Crippen molar-refractivity contribution < 1.29 is 32.2 Å². The quantitative estimate of drug-likeness (QED) is 0.694. The summed E-state index contributed by atoms with van der Waals surface area (Å²) in [6.45, 7) is 0. The summed E-state index contributed by atoms with van der Waals surface area (Å²) in [5.74, 6) is 0.928. The fourth-order valence-corrected chi connectivity index (χ4v) is 3.10. The number of hydrogen-bond acceptors (Lipinski definition) is 7. The van der Waals surface area contributed by atoms with E-state index in [2.05, 4.69) is 5.32 Å². The molecule has 158 valence electrons. The minimum atomic E-state index is -3.64. The van der Waals surface area contributed by atoms with Gasteiger partial charge in [-0.2, -0.15) is 0 Å². The van der Waals surface area contributed by atoms with Crippen molar-refractivity contribution in [2.24, 2.45) is 0 Å². The van der Waals surface area contributed by atoms with Gasteiger partial charge in [0, 0.05) is 19.2 Å². The van der Waals surface area contributed by atoms with E-state index < -0.39 is 15.9 Å². The molecule has 0 aromatic heterocycles. The standard InChI is InChI=1S/C19H24N2O7S/c1-21(29(6,23)24)15-11-18(28-5)17(27-4)10-13(15)19(22)20-14-9-12(25-2)7-8-16(14)26-3/h7-11H,1-6H3,(H,20,22). The number of nitrogens with zero attached hydrogens (tertiary/aromatic N) is 1. The number of ether oxygens (including phenoxy) is 4. The van der Waals surface area contributed by atoms with Crippen LogP contribution in [0.1, 0.15) is 10.4 Å². The summed E-state index contributed by atoms with van der Waals surface area (Å²) in [5.41, 5.74) is 0.560. The molecule has 10 heteroatoms. The van der Waals surface area contributed by atoms with Crippen LogP contribution in [0.4, 0.5) is 11.4 Å². The van der Waals surface area contributed by atoms with E-state index in [1.165, 1.54) is 47.6 Å². The van der Waals surface area contributed by atoms with E-state index in [0.717, 1.165) is 10.6 Å². The van der Waals surface area contributed by atoms with Crippen molar-refractivity contribution in [3.8, 4) is 23.0 Å². The Balaban J connectivity index is 2.59. The number of carbonyl (C=O) groups is 1. The van der Waals surface area contributed by atoms with Crippen molar-refractivity contribution in [2.75, 3.05) is 51.4 Å². The van der Waals surface area contributed by atoms with Crippen LogP contribution in [0.2, 0.25) is 0 Å². The van der Waals surface area contributed by atoms with Gasteiger partial charge >= 0.3 is 0 Å². The molecule has 1 amide bonds. The van der Waals surface area contributed by atoms with Gasteiger partial charge in [-0.15, -0.1) is 0 Å². The number of benzene rings is 2. The van der Waals surface area contributed by atoms with Crippen molar-refractivity contribution in [2.45, 2.75) is 0 Å². The van der Waals surface area contributed by atoms with Gasteiger partial charge in [0.2, 0.25) is 10.0 Å². The minimum Gasteiger partial charge on any atom is -0.497 e. The molecule has 0 fully saturated rings. The third-order valence-electron chi connectivity index (χ3n) is 4.24. The SMILES string of the molecule is COc1ccc(OC)c(NC(=O)c2cc(OC)c(OC)cc2N(C)S(C)(=O)=O)c1. The molecule has 0 radical (unpaired) electrons. The summed E-state index contributed by atoms with van der Waals surface area (Å²) in [5, 5.41) is 2.73. The predicted molar refractivity (Wildman–Crippen MR) is 110 cm³/mol. The number of nitrogens with one attached hydrogen (secondary N) is 1. The summed E-state index contributed by atoms with van der Waals surface area (Å²) in [6.07, 6.45) is 1.04. The van der Waals surface area contributed by atoms with E-state index in [-0.39, 0.29) is 22.7 Å². The molecule has 0 unspecified atom stereocenters. The van der Waals surface area contributed by atoms with Gasteiger partial charge in [0.15, 0.2) is 11.5 Å². The molecular weight excluding hydrogens is 400 g/mol. The van der Waals surface area contributed by atoms with Crippen LogP contribution in [-0.4, -0.2) is 56.1 Å². The lowest BCUT2D eigenvalue weighted by molar-refractivity contribution is 0.102. The highest BCUT2D eigenvalue weighted by Crippen LogP contribution is 2.37. The average Bonchev–Trinajstić information content (AvgIpc) is 2.71. The fourth-order valence-electron chi connectivity index (χ4n) is 2.59. The molecule has 0 saturated carbocycles. The highest BCUT2D eigenvalue weighted by Gasteiger charge is 2.24. The molecule has 0 heterocycles. The van der Waals surface area contributed by atoms with Crippen LogP contribution in [0, 0.1) is 0 Å². The zero-order valence-electron chi connectivity index (χ0n) is 17.1. The van der Waals surface area contributed by atoms with Crippen molar-refractivity contribution in [3.05, 3.63) is 35.9 Å². The van der Waals surface area contributed by atoms with Crippen LogP contribution in [0.5, 0.6) is 23.0 Å². The Labute approximate surface area is 170 Å². The molecule has 9 nitrogen and oxygen atoms in total. The molecule has 0 aliphatic carbocycles. The van der Waals surface area contributed by atoms with Crippen LogP contribution in [0.15, 0.2) is 30.3 Å². The van der Waals surface area contributed by atoms with Gasteiger partial charge in [-0.3, -0.25) is 9.10 Å². The summed E-state index contributed by atoms with van der Waals surface area (Å²) >= 11 is 0. The van der Waals surface area contributed by atoms with Crippen molar-refractivity contribution >= 4 is 27.3 Å². The predicted octanol–water partition coefficient (Wildman–Crippen LogP) is 2.37. The van der Waals surface area contributed by atoms with E-state index in [1.807, 2.05) is 0 Å². The number of anilines is 2. The second kappa shape index (κ2) is 8.91. The molecule has 0 saturated heterocycles. The topological polar surface area (TPSA) is 103 Å². The third kappa shape index (κ3) is 4.83. The van der Waals surface area contributed by atoms with Crippen LogP contribution in [0.25, 0.3) is 0 Å². The summed E-state index contributed by atoms with van der Waals surface area (Å²) in [4.78, 5) is 13.1. The van der Waals surface area contributed by atoms with Gasteiger partial charge < -0.3 is 24.3 Å². The molecule has 2 rings (SSSR count). The second-order valence-corrected chi connectivity index (χ2v) is 7.99. The molecule has 1 N–H and O–H groups in total. The molecule has 2 aromatic carbocycles. The van der Waals surface area contributed by atoms with Crippen molar-refractivity contribution in [1.29, 1.82) is 0 Å². The molecule has 0 aliphatic rings. The maximum Gasteiger partial charge on any atom is 0.258 e. The zero-order valence-corrected chi connectivity index (χ0v) is 17.9. The summed E-state index contributed by atoms with van der Waals surface area (Å²) in [7, 11) is 3.52. The first kappa shape index (κ1) is 22.2. The first-order chi connectivity index (χ1) is 13.7. The Bertz CT molecular complexity index is 1010. The number of hydrogen-bond donors (Lipinski definition) is 1. The minimum absolute atomic E-state index is 0.0699. The molecule has 0 aliphatic heterocycles. The normalized spacial score (nSPS) is 10.8. The largest absolute Gasteiger partial charge is 0.497 e. The van der Waals surface area contributed by atoms with Gasteiger partial charge in [-0.1, -0.05) is 0 Å². The Morgan fingerprint density at radius 1 is 0.897 bits per heavy atom. The number of methoxy groups -OCH3 is 4. The fraction of sp³-hybridized carbons (Fsp3) is 0.316. The smallest absolute Gasteiger partial charge is 0.258 e. The Morgan fingerprint density at radius 3 is 2.00 bits per heavy atom. The lowest BCUT2D eigenvalue weighted by atomic mass is 10.1. The lowest BCUT2D eigenvalue weighted by Gasteiger charge is -2.22. The molecule has 0 atom stereocenters. The molecule has 0 spiro atoms. The highest BCUT2D eigenvalue weighted by molar-refractivity contribution is 7.92. The van der Waals surface area contributed by atoms with Crippen LogP contribution >= 0.6 is 0 Å². The third-order valence-corrected chi connectivity index (χ3v) is 5.43. The van der Waals surface area contributed by atoms with E-state index in [4.69, 9.17) is 18.9 Å². The number of sulfonamides is 1. The Hall–Kier alpha value is -3.14. The molecular formula is C19H24N2O7S. The van der Waals surface area contributed by atoms with Crippen LogP contribution in [0.3, 0.4) is 0 Å². The van der Waals surface area contributed by atoms with Gasteiger partial charge in [-0.05, 0) is 18.2 Å².